The summed E-state index contributed by atoms with van der Waals surface area (Å²) in [6, 6.07) is 7.01. The minimum atomic E-state index is -3.12. The number of nitrogens with zero attached hydrogens (tertiary/aromatic N) is 1. The van der Waals surface area contributed by atoms with Crippen molar-refractivity contribution < 1.29 is 18.0 Å². The van der Waals surface area contributed by atoms with Crippen LogP contribution in [0, 0.1) is 5.92 Å². The summed E-state index contributed by atoms with van der Waals surface area (Å²) in [5.74, 6) is -1.17. The van der Waals surface area contributed by atoms with E-state index in [2.05, 4.69) is 10.6 Å². The molecule has 2 aliphatic rings. The molecule has 1 heterocycles. The van der Waals surface area contributed by atoms with E-state index in [1.165, 1.54) is 0 Å². The minimum absolute atomic E-state index is 0.182. The topological polar surface area (TPSA) is 95.6 Å². The number of benzene rings is 1. The lowest BCUT2D eigenvalue weighted by molar-refractivity contribution is -0.139. The maximum atomic E-state index is 12.2. The van der Waals surface area contributed by atoms with E-state index in [0.29, 0.717) is 37.5 Å². The van der Waals surface area contributed by atoms with Crippen molar-refractivity contribution in [3.05, 3.63) is 34.9 Å². The molecule has 9 heteroatoms. The van der Waals surface area contributed by atoms with Gasteiger partial charge in [-0.05, 0) is 49.3 Å². The highest BCUT2D eigenvalue weighted by Gasteiger charge is 2.41. The third-order valence-corrected chi connectivity index (χ3v) is 7.65. The van der Waals surface area contributed by atoms with Gasteiger partial charge in [0, 0.05) is 31.2 Å². The van der Waals surface area contributed by atoms with Crippen molar-refractivity contribution in [2.75, 3.05) is 19.6 Å². The van der Waals surface area contributed by atoms with Gasteiger partial charge in [0.2, 0.25) is 10.0 Å². The zero-order valence-corrected chi connectivity index (χ0v) is 16.6. The lowest BCUT2D eigenvalue weighted by atomic mass is 9.98. The number of piperidine rings is 1. The van der Waals surface area contributed by atoms with Crippen molar-refractivity contribution in [2.24, 2.45) is 5.92 Å². The van der Waals surface area contributed by atoms with Crippen LogP contribution in [0.1, 0.15) is 31.2 Å². The summed E-state index contributed by atoms with van der Waals surface area (Å²) < 4.78 is 26.0. The molecule has 1 aromatic rings. The molecule has 0 aromatic heterocycles. The molecule has 0 radical (unpaired) electrons. The first-order chi connectivity index (χ1) is 12.9. The van der Waals surface area contributed by atoms with Gasteiger partial charge in [0.25, 0.3) is 0 Å². The highest BCUT2D eigenvalue weighted by Crippen LogP contribution is 2.33. The largest absolute Gasteiger partial charge is 0.348 e. The molecule has 1 aliphatic carbocycles. The minimum Gasteiger partial charge on any atom is -0.348 e. The zero-order chi connectivity index (χ0) is 19.4. The lowest BCUT2D eigenvalue weighted by Gasteiger charge is -2.31. The van der Waals surface area contributed by atoms with Crippen molar-refractivity contribution in [3.8, 4) is 0 Å². The fourth-order valence-electron chi connectivity index (χ4n) is 3.13. The van der Waals surface area contributed by atoms with Gasteiger partial charge in [-0.3, -0.25) is 9.59 Å². The summed E-state index contributed by atoms with van der Waals surface area (Å²) in [5, 5.41) is 5.64. The fraction of sp³-hybridized carbons (Fsp3) is 0.556. The van der Waals surface area contributed by atoms with Crippen molar-refractivity contribution >= 4 is 33.4 Å². The Kier molecular flexibility index (Phi) is 6.39. The second-order valence-corrected chi connectivity index (χ2v) is 9.76. The predicted molar refractivity (Wildman–Crippen MR) is 103 cm³/mol. The molecule has 2 amide bonds. The number of halogens is 1. The standard InChI is InChI=1S/C18H24ClN3O4S/c19-15-3-1-13(2-4-15)11-20-17(23)18(24)21-12-14-7-9-22(10-8-14)27(25,26)16-5-6-16/h1-4,14,16H,5-12H2,(H,20,23)(H,21,24). The second-order valence-electron chi connectivity index (χ2n) is 7.11. The van der Waals surface area contributed by atoms with E-state index >= 15 is 0 Å². The Morgan fingerprint density at radius 1 is 1.00 bits per heavy atom. The van der Waals surface area contributed by atoms with Crippen LogP contribution >= 0.6 is 11.6 Å². The van der Waals surface area contributed by atoms with Crippen LogP contribution in [0.15, 0.2) is 24.3 Å². The van der Waals surface area contributed by atoms with Gasteiger partial charge in [-0.25, -0.2) is 12.7 Å². The van der Waals surface area contributed by atoms with E-state index in [9.17, 15) is 18.0 Å². The van der Waals surface area contributed by atoms with Crippen LogP contribution in [-0.4, -0.2) is 49.4 Å². The molecular weight excluding hydrogens is 390 g/mol. The Morgan fingerprint density at radius 3 is 2.19 bits per heavy atom. The number of nitrogens with one attached hydrogen (secondary N) is 2. The maximum absolute atomic E-state index is 12.2. The molecule has 0 bridgehead atoms. The number of sulfonamides is 1. The SMILES string of the molecule is O=C(NCc1ccc(Cl)cc1)C(=O)NCC1CCN(S(=O)(=O)C2CC2)CC1. The van der Waals surface area contributed by atoms with E-state index < -0.39 is 21.8 Å². The van der Waals surface area contributed by atoms with E-state index in [1.54, 1.807) is 28.6 Å². The average molecular weight is 414 g/mol. The summed E-state index contributed by atoms with van der Waals surface area (Å²) in [6.07, 6.45) is 2.92. The van der Waals surface area contributed by atoms with Crippen molar-refractivity contribution in [1.29, 1.82) is 0 Å². The molecule has 7 nitrogen and oxygen atoms in total. The Morgan fingerprint density at radius 2 is 1.59 bits per heavy atom. The van der Waals surface area contributed by atoms with E-state index in [4.69, 9.17) is 11.6 Å². The molecule has 1 saturated heterocycles. The molecule has 0 atom stereocenters. The normalized spacial score (nSPS) is 18.9. The monoisotopic (exact) mass is 413 g/mol. The summed E-state index contributed by atoms with van der Waals surface area (Å²) in [6.45, 7) is 1.61. The number of rotatable bonds is 6. The Hall–Kier alpha value is -1.64. The van der Waals surface area contributed by atoms with E-state index in [-0.39, 0.29) is 17.7 Å². The van der Waals surface area contributed by atoms with Gasteiger partial charge < -0.3 is 10.6 Å². The van der Waals surface area contributed by atoms with E-state index in [0.717, 1.165) is 18.4 Å². The van der Waals surface area contributed by atoms with Gasteiger partial charge in [0.05, 0.1) is 5.25 Å². The Labute approximate surface area is 164 Å². The Bertz CT molecular complexity index is 785. The molecule has 1 aromatic carbocycles. The Balaban J connectivity index is 1.36. The molecule has 3 rings (SSSR count). The molecule has 2 N–H and O–H groups in total. The number of carbonyl (C=O) groups excluding carboxylic acids is 2. The molecule has 0 spiro atoms. The van der Waals surface area contributed by atoms with Crippen LogP contribution in [0.3, 0.4) is 0 Å². The van der Waals surface area contributed by atoms with Crippen molar-refractivity contribution in [1.82, 2.24) is 14.9 Å². The van der Waals surface area contributed by atoms with Gasteiger partial charge in [0.15, 0.2) is 0 Å². The molecule has 148 valence electrons. The van der Waals surface area contributed by atoms with Crippen LogP contribution in [0.4, 0.5) is 0 Å². The van der Waals surface area contributed by atoms with Gasteiger partial charge in [-0.15, -0.1) is 0 Å². The van der Waals surface area contributed by atoms with Crippen LogP contribution in [0.2, 0.25) is 5.02 Å². The molecular formula is C18H24ClN3O4S. The number of amides is 2. The third-order valence-electron chi connectivity index (χ3n) is 5.00. The van der Waals surface area contributed by atoms with E-state index in [1.807, 2.05) is 0 Å². The number of carbonyl (C=O) groups is 2. The van der Waals surface area contributed by atoms with Crippen LogP contribution in [0.5, 0.6) is 0 Å². The van der Waals surface area contributed by atoms with Crippen LogP contribution < -0.4 is 10.6 Å². The molecule has 1 aliphatic heterocycles. The van der Waals surface area contributed by atoms with Gasteiger partial charge in [-0.2, -0.15) is 0 Å². The van der Waals surface area contributed by atoms with Crippen LogP contribution in [-0.2, 0) is 26.2 Å². The lowest BCUT2D eigenvalue weighted by Crippen LogP contribution is -2.45. The number of hydrogen-bond acceptors (Lipinski definition) is 4. The molecule has 2 fully saturated rings. The first-order valence-electron chi connectivity index (χ1n) is 9.15. The number of hydrogen-bond donors (Lipinski definition) is 2. The first kappa shape index (κ1) is 20.1. The summed E-state index contributed by atoms with van der Waals surface area (Å²) in [5.41, 5.74) is 0.852. The predicted octanol–water partition coefficient (Wildman–Crippen LogP) is 1.28. The highest BCUT2D eigenvalue weighted by molar-refractivity contribution is 7.90. The second kappa shape index (κ2) is 8.58. The summed E-state index contributed by atoms with van der Waals surface area (Å²) >= 11 is 5.80. The zero-order valence-electron chi connectivity index (χ0n) is 15.0. The highest BCUT2D eigenvalue weighted by atomic mass is 35.5. The maximum Gasteiger partial charge on any atom is 0.309 e. The van der Waals surface area contributed by atoms with Gasteiger partial charge in [0.1, 0.15) is 0 Å². The average Bonchev–Trinajstić information content (AvgIpc) is 3.51. The van der Waals surface area contributed by atoms with Gasteiger partial charge in [-0.1, -0.05) is 23.7 Å². The molecule has 1 saturated carbocycles. The summed E-state index contributed by atoms with van der Waals surface area (Å²) in [7, 11) is -3.12. The van der Waals surface area contributed by atoms with Crippen molar-refractivity contribution in [3.63, 3.8) is 0 Å². The molecule has 0 unspecified atom stereocenters. The quantitative estimate of drug-likeness (QED) is 0.686. The van der Waals surface area contributed by atoms with Crippen LogP contribution in [0.25, 0.3) is 0 Å². The third kappa shape index (κ3) is 5.43. The smallest absolute Gasteiger partial charge is 0.309 e. The summed E-state index contributed by atoms with van der Waals surface area (Å²) in [4.78, 5) is 23.8. The molecule has 27 heavy (non-hydrogen) atoms. The van der Waals surface area contributed by atoms with Crippen molar-refractivity contribution in [2.45, 2.75) is 37.5 Å². The first-order valence-corrected chi connectivity index (χ1v) is 11.0. The van der Waals surface area contributed by atoms with Gasteiger partial charge >= 0.3 is 11.8 Å². The fourth-order valence-corrected chi connectivity index (χ4v) is 5.13.